The van der Waals surface area contributed by atoms with Crippen LogP contribution in [0.5, 0.6) is 0 Å². The van der Waals surface area contributed by atoms with Crippen molar-refractivity contribution in [2.24, 2.45) is 11.7 Å². The molecule has 1 aromatic heterocycles. The topological polar surface area (TPSA) is 29.3 Å². The van der Waals surface area contributed by atoms with Crippen LogP contribution in [0.25, 0.3) is 0 Å². The third-order valence-corrected chi connectivity index (χ3v) is 5.50. The van der Waals surface area contributed by atoms with Crippen molar-refractivity contribution in [3.63, 3.8) is 0 Å². The number of nitrogens with two attached hydrogens (primary N) is 1. The molecule has 18 heavy (non-hydrogen) atoms. The summed E-state index contributed by atoms with van der Waals surface area (Å²) in [6.45, 7) is 3.03. The van der Waals surface area contributed by atoms with Crippen molar-refractivity contribution < 1.29 is 0 Å². The molecule has 2 nitrogen and oxygen atoms in total. The van der Waals surface area contributed by atoms with Gasteiger partial charge in [-0.15, -0.1) is 11.3 Å². The second-order valence-electron chi connectivity index (χ2n) is 5.51. The van der Waals surface area contributed by atoms with E-state index in [2.05, 4.69) is 24.9 Å². The molecule has 0 amide bonds. The average Bonchev–Trinajstić information content (AvgIpc) is 2.76. The number of thiophene rings is 1. The third-order valence-electron chi connectivity index (χ3n) is 4.12. The molecule has 1 heterocycles. The van der Waals surface area contributed by atoms with Crippen molar-refractivity contribution in [1.29, 1.82) is 0 Å². The summed E-state index contributed by atoms with van der Waals surface area (Å²) in [7, 11) is 2.22. The maximum atomic E-state index is 6.03. The Morgan fingerprint density at radius 1 is 1.56 bits per heavy atom. The molecule has 1 aliphatic rings. The molecule has 2 N–H and O–H groups in total. The van der Waals surface area contributed by atoms with Gasteiger partial charge in [0.15, 0.2) is 0 Å². The van der Waals surface area contributed by atoms with Crippen LogP contribution in [0, 0.1) is 5.92 Å². The number of hydrogen-bond donors (Lipinski definition) is 1. The lowest BCUT2D eigenvalue weighted by molar-refractivity contribution is 0.122. The molecule has 102 valence electrons. The molecule has 0 saturated heterocycles. The first-order chi connectivity index (χ1) is 8.61. The first kappa shape index (κ1) is 14.3. The highest BCUT2D eigenvalue weighted by Gasteiger charge is 2.27. The molecule has 1 aromatic rings. The molecular formula is C14H23ClN2S. The summed E-state index contributed by atoms with van der Waals surface area (Å²) in [5.74, 6) is 0.844. The van der Waals surface area contributed by atoms with Crippen LogP contribution in [-0.4, -0.2) is 24.5 Å². The van der Waals surface area contributed by atoms with Gasteiger partial charge in [0.2, 0.25) is 0 Å². The molecular weight excluding hydrogens is 264 g/mol. The van der Waals surface area contributed by atoms with E-state index in [1.165, 1.54) is 30.6 Å². The van der Waals surface area contributed by atoms with Crippen LogP contribution in [0.1, 0.15) is 43.5 Å². The van der Waals surface area contributed by atoms with E-state index in [9.17, 15) is 0 Å². The van der Waals surface area contributed by atoms with E-state index in [1.807, 2.05) is 5.38 Å². The lowest BCUT2D eigenvalue weighted by Crippen LogP contribution is -2.40. The zero-order valence-electron chi connectivity index (χ0n) is 11.2. The van der Waals surface area contributed by atoms with Crippen LogP contribution >= 0.6 is 22.9 Å². The summed E-state index contributed by atoms with van der Waals surface area (Å²) < 4.78 is 0. The highest BCUT2D eigenvalue weighted by atomic mass is 35.5. The fourth-order valence-corrected chi connectivity index (χ4v) is 4.26. The predicted octanol–water partition coefficient (Wildman–Crippen LogP) is 3.91. The van der Waals surface area contributed by atoms with Gasteiger partial charge < -0.3 is 5.73 Å². The van der Waals surface area contributed by atoms with E-state index in [0.29, 0.717) is 18.6 Å². The Bertz CT molecular complexity index is 380. The second-order valence-corrected chi connectivity index (χ2v) is 6.89. The highest BCUT2D eigenvalue weighted by Crippen LogP contribution is 2.34. The van der Waals surface area contributed by atoms with Crippen LogP contribution < -0.4 is 5.73 Å². The van der Waals surface area contributed by atoms with Crippen molar-refractivity contribution in [3.05, 3.63) is 21.3 Å². The van der Waals surface area contributed by atoms with Gasteiger partial charge in [0.1, 0.15) is 0 Å². The average molecular weight is 287 g/mol. The van der Waals surface area contributed by atoms with Gasteiger partial charge in [-0.25, -0.2) is 0 Å². The molecule has 0 radical (unpaired) electrons. The molecule has 1 aliphatic carbocycles. The fraction of sp³-hybridized carbons (Fsp3) is 0.714. The fourth-order valence-electron chi connectivity index (χ4n) is 3.01. The molecule has 2 rings (SSSR count). The Labute approximate surface area is 119 Å². The zero-order valence-corrected chi connectivity index (χ0v) is 12.8. The number of rotatable bonds is 4. The predicted molar refractivity (Wildman–Crippen MR) is 80.3 cm³/mol. The van der Waals surface area contributed by atoms with Gasteiger partial charge >= 0.3 is 0 Å². The van der Waals surface area contributed by atoms with Crippen LogP contribution in [0.15, 0.2) is 11.4 Å². The van der Waals surface area contributed by atoms with Gasteiger partial charge in [-0.2, -0.15) is 0 Å². The minimum atomic E-state index is 0.317. The molecule has 0 aliphatic heterocycles. The van der Waals surface area contributed by atoms with E-state index >= 15 is 0 Å². The number of nitrogens with zero attached hydrogens (tertiary/aromatic N) is 1. The van der Waals surface area contributed by atoms with Crippen molar-refractivity contribution in [1.82, 2.24) is 4.90 Å². The molecule has 3 atom stereocenters. The van der Waals surface area contributed by atoms with Gasteiger partial charge in [-0.05, 0) is 31.9 Å². The molecule has 0 aromatic carbocycles. The Morgan fingerprint density at radius 2 is 2.33 bits per heavy atom. The van der Waals surface area contributed by atoms with Crippen LogP contribution in [0.2, 0.25) is 5.02 Å². The maximum Gasteiger partial charge on any atom is 0.0564 e. The van der Waals surface area contributed by atoms with Gasteiger partial charge in [0, 0.05) is 22.8 Å². The Balaban J connectivity index is 2.07. The normalized spacial score (nSPS) is 26.5. The van der Waals surface area contributed by atoms with Crippen LogP contribution in [-0.2, 0) is 0 Å². The summed E-state index contributed by atoms with van der Waals surface area (Å²) in [5.41, 5.74) is 5.98. The van der Waals surface area contributed by atoms with Crippen molar-refractivity contribution in [2.45, 2.75) is 44.7 Å². The Morgan fingerprint density at radius 3 is 2.89 bits per heavy atom. The summed E-state index contributed by atoms with van der Waals surface area (Å²) >= 11 is 7.75. The standard InChI is InChI=1S/C14H23ClN2S/c1-10-4-3-5-12(6-10)17(2)13(8-16)14-7-11(15)9-18-14/h7,9-10,12-13H,3-6,8,16H2,1-2H3. The first-order valence-electron chi connectivity index (χ1n) is 6.77. The lowest BCUT2D eigenvalue weighted by atomic mass is 9.86. The van der Waals surface area contributed by atoms with Crippen LogP contribution in [0.4, 0.5) is 0 Å². The maximum absolute atomic E-state index is 6.03. The summed E-state index contributed by atoms with van der Waals surface area (Å²) in [4.78, 5) is 3.76. The number of likely N-dealkylation sites (N-methyl/N-ethyl adjacent to an activating group) is 1. The minimum Gasteiger partial charge on any atom is -0.329 e. The molecule has 4 heteroatoms. The quantitative estimate of drug-likeness (QED) is 0.909. The van der Waals surface area contributed by atoms with E-state index < -0.39 is 0 Å². The number of halogens is 1. The smallest absolute Gasteiger partial charge is 0.0564 e. The van der Waals surface area contributed by atoms with Gasteiger partial charge in [0.05, 0.1) is 11.1 Å². The third kappa shape index (κ3) is 3.27. The summed E-state index contributed by atoms with van der Waals surface area (Å²) in [6, 6.07) is 3.05. The van der Waals surface area contributed by atoms with Crippen molar-refractivity contribution in [3.8, 4) is 0 Å². The van der Waals surface area contributed by atoms with E-state index in [1.54, 1.807) is 11.3 Å². The molecule has 1 fully saturated rings. The first-order valence-corrected chi connectivity index (χ1v) is 8.03. The van der Waals surface area contributed by atoms with Gasteiger partial charge in [0.25, 0.3) is 0 Å². The highest BCUT2D eigenvalue weighted by molar-refractivity contribution is 7.10. The zero-order chi connectivity index (χ0) is 13.1. The van der Waals surface area contributed by atoms with E-state index in [-0.39, 0.29) is 0 Å². The van der Waals surface area contributed by atoms with Crippen molar-refractivity contribution >= 4 is 22.9 Å². The Hall–Kier alpha value is -0.0900. The molecule has 0 bridgehead atoms. The van der Waals surface area contributed by atoms with E-state index in [0.717, 1.165) is 10.9 Å². The minimum absolute atomic E-state index is 0.317. The Kier molecular flexibility index (Phi) is 5.07. The molecule has 1 saturated carbocycles. The van der Waals surface area contributed by atoms with Crippen molar-refractivity contribution in [2.75, 3.05) is 13.6 Å². The van der Waals surface area contributed by atoms with Gasteiger partial charge in [-0.3, -0.25) is 4.90 Å². The second kappa shape index (κ2) is 6.38. The summed E-state index contributed by atoms with van der Waals surface area (Å²) in [6.07, 6.45) is 5.32. The monoisotopic (exact) mass is 286 g/mol. The SMILES string of the molecule is CC1CCCC(N(C)C(CN)c2cc(Cl)cs2)C1. The molecule has 0 spiro atoms. The number of hydrogen-bond acceptors (Lipinski definition) is 3. The largest absolute Gasteiger partial charge is 0.329 e. The molecule has 3 unspecified atom stereocenters. The van der Waals surface area contributed by atoms with Gasteiger partial charge in [-0.1, -0.05) is 31.4 Å². The van der Waals surface area contributed by atoms with E-state index in [4.69, 9.17) is 17.3 Å². The summed E-state index contributed by atoms with van der Waals surface area (Å²) in [5, 5.41) is 2.83. The lowest BCUT2D eigenvalue weighted by Gasteiger charge is -2.38. The van der Waals surface area contributed by atoms with Crippen LogP contribution in [0.3, 0.4) is 0 Å².